The third-order valence-corrected chi connectivity index (χ3v) is 2.69. The fourth-order valence-electron chi connectivity index (χ4n) is 1.60. The second-order valence-corrected chi connectivity index (χ2v) is 4.17. The van der Waals surface area contributed by atoms with Crippen LogP contribution in [0.15, 0.2) is 66.7 Å². The molecule has 0 aliphatic rings. The zero-order valence-electron chi connectivity index (χ0n) is 10.5. The average molecular weight is 272 g/mol. The summed E-state index contributed by atoms with van der Waals surface area (Å²) in [6.07, 6.45) is -4.46. The van der Waals surface area contributed by atoms with Crippen LogP contribution in [0.1, 0.15) is 5.56 Å². The lowest BCUT2D eigenvalue weighted by Crippen LogP contribution is -2.08. The summed E-state index contributed by atoms with van der Waals surface area (Å²) in [6.45, 7) is 2.91. The molecule has 3 heteroatoms. The molecule has 0 unspecified atom stereocenters. The Morgan fingerprint density at radius 2 is 1.40 bits per heavy atom. The maximum Gasteiger partial charge on any atom is 0.423 e. The zero-order valence-corrected chi connectivity index (χ0v) is 10.5. The third-order valence-electron chi connectivity index (χ3n) is 2.69. The summed E-state index contributed by atoms with van der Waals surface area (Å²) in [4.78, 5) is 0. The molecule has 2 rings (SSSR count). The molecule has 0 aliphatic carbocycles. The van der Waals surface area contributed by atoms with Gasteiger partial charge in [0.2, 0.25) is 0 Å². The van der Waals surface area contributed by atoms with Gasteiger partial charge >= 0.3 is 6.18 Å². The Hall–Kier alpha value is -2.47. The number of hydrogen-bond donors (Lipinski definition) is 0. The predicted molar refractivity (Wildman–Crippen MR) is 74.0 cm³/mol. The van der Waals surface area contributed by atoms with E-state index in [0.29, 0.717) is 5.56 Å². The minimum Gasteiger partial charge on any atom is -0.165 e. The molecular formula is C17H11F3. The van der Waals surface area contributed by atoms with Gasteiger partial charge < -0.3 is 0 Å². The standard InChI is InChI=1S/C17H11F3/c1-13(17(18,19)20)7-8-14-9-11-16(12-10-14)15-5-3-2-4-6-15/h2-6,9-12H,1H2. The van der Waals surface area contributed by atoms with Crippen LogP contribution in [0.2, 0.25) is 0 Å². The van der Waals surface area contributed by atoms with Gasteiger partial charge in [-0.25, -0.2) is 0 Å². The second kappa shape index (κ2) is 5.66. The van der Waals surface area contributed by atoms with E-state index >= 15 is 0 Å². The van der Waals surface area contributed by atoms with E-state index in [-0.39, 0.29) is 0 Å². The van der Waals surface area contributed by atoms with Crippen LogP contribution < -0.4 is 0 Å². The number of rotatable bonds is 1. The summed E-state index contributed by atoms with van der Waals surface area (Å²) in [5, 5.41) is 0. The van der Waals surface area contributed by atoms with Crippen molar-refractivity contribution in [2.75, 3.05) is 0 Å². The minimum atomic E-state index is -4.46. The normalized spacial score (nSPS) is 10.6. The van der Waals surface area contributed by atoms with Crippen LogP contribution in [-0.4, -0.2) is 6.18 Å². The van der Waals surface area contributed by atoms with Gasteiger partial charge in [0.1, 0.15) is 0 Å². The highest BCUT2D eigenvalue weighted by Crippen LogP contribution is 2.23. The maximum absolute atomic E-state index is 12.2. The molecule has 100 valence electrons. The fraction of sp³-hybridized carbons (Fsp3) is 0.0588. The number of allylic oxidation sites excluding steroid dienone is 1. The van der Waals surface area contributed by atoms with Crippen LogP contribution in [0, 0.1) is 11.8 Å². The van der Waals surface area contributed by atoms with Crippen molar-refractivity contribution in [1.82, 2.24) is 0 Å². The first-order valence-corrected chi connectivity index (χ1v) is 5.90. The first-order chi connectivity index (χ1) is 9.47. The summed E-state index contributed by atoms with van der Waals surface area (Å²) < 4.78 is 36.7. The molecule has 0 atom stereocenters. The molecule has 0 N–H and O–H groups in total. The molecule has 0 saturated heterocycles. The third kappa shape index (κ3) is 3.52. The minimum absolute atomic E-state index is 0.523. The summed E-state index contributed by atoms with van der Waals surface area (Å²) in [7, 11) is 0. The fourth-order valence-corrected chi connectivity index (χ4v) is 1.60. The smallest absolute Gasteiger partial charge is 0.165 e. The van der Waals surface area contributed by atoms with E-state index in [2.05, 4.69) is 12.5 Å². The molecule has 2 aromatic rings. The maximum atomic E-state index is 12.2. The molecular weight excluding hydrogens is 261 g/mol. The Morgan fingerprint density at radius 1 is 0.850 bits per heavy atom. The molecule has 0 spiro atoms. The quantitative estimate of drug-likeness (QED) is 0.653. The van der Waals surface area contributed by atoms with Gasteiger partial charge in [-0.15, -0.1) is 0 Å². The molecule has 0 aliphatic heterocycles. The van der Waals surface area contributed by atoms with Gasteiger partial charge in [0.15, 0.2) is 0 Å². The number of alkyl halides is 3. The molecule has 0 saturated carbocycles. The lowest BCUT2D eigenvalue weighted by molar-refractivity contribution is -0.0868. The molecule has 0 aromatic heterocycles. The molecule has 0 amide bonds. The van der Waals surface area contributed by atoms with Crippen LogP contribution in [-0.2, 0) is 0 Å². The van der Waals surface area contributed by atoms with E-state index in [1.54, 1.807) is 12.1 Å². The Balaban J connectivity index is 2.18. The van der Waals surface area contributed by atoms with Gasteiger partial charge in [-0.1, -0.05) is 60.9 Å². The lowest BCUT2D eigenvalue weighted by Gasteiger charge is -2.02. The van der Waals surface area contributed by atoms with E-state index in [1.165, 1.54) is 0 Å². The van der Waals surface area contributed by atoms with Crippen molar-refractivity contribution in [1.29, 1.82) is 0 Å². The number of halogens is 3. The Morgan fingerprint density at radius 3 is 1.95 bits per heavy atom. The Kier molecular flexibility index (Phi) is 3.95. The number of hydrogen-bond acceptors (Lipinski definition) is 0. The summed E-state index contributed by atoms with van der Waals surface area (Å²) in [5.41, 5.74) is 1.53. The van der Waals surface area contributed by atoms with Crippen molar-refractivity contribution >= 4 is 0 Å². The molecule has 0 heterocycles. The van der Waals surface area contributed by atoms with Crippen LogP contribution in [0.5, 0.6) is 0 Å². The SMILES string of the molecule is C=C(C#Cc1ccc(-c2ccccc2)cc1)C(F)(F)F. The summed E-state index contributed by atoms with van der Waals surface area (Å²) >= 11 is 0. The molecule has 0 fully saturated rings. The van der Waals surface area contributed by atoms with Crippen molar-refractivity contribution in [2.45, 2.75) is 6.18 Å². The van der Waals surface area contributed by atoms with Gasteiger partial charge in [-0.3, -0.25) is 0 Å². The van der Waals surface area contributed by atoms with E-state index < -0.39 is 11.7 Å². The van der Waals surface area contributed by atoms with E-state index in [0.717, 1.165) is 11.1 Å². The molecule has 0 bridgehead atoms. The van der Waals surface area contributed by atoms with Gasteiger partial charge in [0.25, 0.3) is 0 Å². The second-order valence-electron chi connectivity index (χ2n) is 4.17. The highest BCUT2D eigenvalue weighted by Gasteiger charge is 2.30. The first kappa shape index (κ1) is 14.0. The van der Waals surface area contributed by atoms with Gasteiger partial charge in [-0.2, -0.15) is 13.2 Å². The van der Waals surface area contributed by atoms with Gasteiger partial charge in [0, 0.05) is 5.56 Å². The van der Waals surface area contributed by atoms with Gasteiger partial charge in [0.05, 0.1) is 5.57 Å². The first-order valence-electron chi connectivity index (χ1n) is 5.90. The number of benzene rings is 2. The van der Waals surface area contributed by atoms with Crippen molar-refractivity contribution in [3.63, 3.8) is 0 Å². The van der Waals surface area contributed by atoms with Crippen LogP contribution in [0.25, 0.3) is 11.1 Å². The topological polar surface area (TPSA) is 0 Å². The van der Waals surface area contributed by atoms with Crippen molar-refractivity contribution in [2.24, 2.45) is 0 Å². The van der Waals surface area contributed by atoms with Gasteiger partial charge in [-0.05, 0) is 23.3 Å². The lowest BCUT2D eigenvalue weighted by atomic mass is 10.0. The highest BCUT2D eigenvalue weighted by molar-refractivity contribution is 5.64. The van der Waals surface area contributed by atoms with Crippen molar-refractivity contribution < 1.29 is 13.2 Å². The summed E-state index contributed by atoms with van der Waals surface area (Å²) in [6, 6.07) is 16.8. The van der Waals surface area contributed by atoms with Crippen LogP contribution in [0.4, 0.5) is 13.2 Å². The van der Waals surface area contributed by atoms with Crippen LogP contribution in [0.3, 0.4) is 0 Å². The Bertz CT molecular complexity index is 653. The predicted octanol–water partition coefficient (Wildman–Crippen LogP) is 4.82. The van der Waals surface area contributed by atoms with E-state index in [9.17, 15) is 13.2 Å². The zero-order chi connectivity index (χ0) is 14.6. The van der Waals surface area contributed by atoms with E-state index in [1.807, 2.05) is 48.4 Å². The largest absolute Gasteiger partial charge is 0.423 e. The van der Waals surface area contributed by atoms with Crippen LogP contribution >= 0.6 is 0 Å². The highest BCUT2D eigenvalue weighted by atomic mass is 19.4. The monoisotopic (exact) mass is 272 g/mol. The van der Waals surface area contributed by atoms with E-state index in [4.69, 9.17) is 0 Å². The molecule has 2 aromatic carbocycles. The average Bonchev–Trinajstić information content (AvgIpc) is 2.45. The molecule has 0 nitrogen and oxygen atoms in total. The van der Waals surface area contributed by atoms with Crippen molar-refractivity contribution in [3.05, 3.63) is 72.3 Å². The molecule has 0 radical (unpaired) electrons. The Labute approximate surface area is 115 Å². The summed E-state index contributed by atoms with van der Waals surface area (Å²) in [5.74, 6) is 4.49. The molecule has 20 heavy (non-hydrogen) atoms. The van der Waals surface area contributed by atoms with Crippen molar-refractivity contribution in [3.8, 4) is 23.0 Å².